The molecule has 1 fully saturated rings. The summed E-state index contributed by atoms with van der Waals surface area (Å²) in [6.07, 6.45) is 9.48. The van der Waals surface area contributed by atoms with Crippen molar-refractivity contribution in [3.8, 4) is 0 Å². The summed E-state index contributed by atoms with van der Waals surface area (Å²) < 4.78 is 0. The second-order valence-electron chi connectivity index (χ2n) is 5.83. The summed E-state index contributed by atoms with van der Waals surface area (Å²) >= 11 is 0. The molecule has 0 spiro atoms. The second-order valence-corrected chi connectivity index (χ2v) is 5.83. The van der Waals surface area contributed by atoms with Gasteiger partial charge in [-0.15, -0.1) is 0 Å². The van der Waals surface area contributed by atoms with Gasteiger partial charge in [-0.1, -0.05) is 32.6 Å². The lowest BCUT2D eigenvalue weighted by molar-refractivity contribution is -0.140. The molecule has 5 heteroatoms. The predicted octanol–water partition coefficient (Wildman–Crippen LogP) is 3.27. The molecule has 2 unspecified atom stereocenters. The van der Waals surface area contributed by atoms with E-state index < -0.39 is 11.9 Å². The highest BCUT2D eigenvalue weighted by molar-refractivity contribution is 5.67. The molecule has 1 aliphatic carbocycles. The Balaban J connectivity index is 0.000000384. The average Bonchev–Trinajstić information content (AvgIpc) is 2.41. The topological polar surface area (TPSA) is 101 Å². The van der Waals surface area contributed by atoms with Crippen molar-refractivity contribution in [2.45, 2.75) is 71.1 Å². The number of hydrogen-bond acceptors (Lipinski definition) is 3. The summed E-state index contributed by atoms with van der Waals surface area (Å²) in [4.78, 5) is 20.4. The zero-order valence-electron chi connectivity index (χ0n) is 13.2. The van der Waals surface area contributed by atoms with Gasteiger partial charge in [0, 0.05) is 12.8 Å². The van der Waals surface area contributed by atoms with Crippen molar-refractivity contribution in [3.63, 3.8) is 0 Å². The Labute approximate surface area is 127 Å². The summed E-state index contributed by atoms with van der Waals surface area (Å²) in [6.45, 7) is 2.85. The molecule has 2 atom stereocenters. The van der Waals surface area contributed by atoms with E-state index in [0.717, 1.165) is 25.7 Å². The van der Waals surface area contributed by atoms with Gasteiger partial charge >= 0.3 is 11.9 Å². The van der Waals surface area contributed by atoms with Gasteiger partial charge in [-0.05, 0) is 44.1 Å². The molecule has 0 amide bonds. The summed E-state index contributed by atoms with van der Waals surface area (Å²) in [5.74, 6) is -0.333. The molecule has 4 N–H and O–H groups in total. The maximum Gasteiger partial charge on any atom is 0.303 e. The van der Waals surface area contributed by atoms with Crippen LogP contribution in [-0.4, -0.2) is 28.7 Å². The molecule has 0 aromatic carbocycles. The zero-order valence-corrected chi connectivity index (χ0v) is 13.2. The lowest BCUT2D eigenvalue weighted by atomic mass is 9.70. The van der Waals surface area contributed by atoms with Crippen molar-refractivity contribution in [1.82, 2.24) is 0 Å². The van der Waals surface area contributed by atoms with Crippen LogP contribution in [0.2, 0.25) is 0 Å². The van der Waals surface area contributed by atoms with Crippen LogP contribution in [0.4, 0.5) is 0 Å². The number of carboxylic acids is 2. The first-order valence-electron chi connectivity index (χ1n) is 8.14. The number of nitrogens with two attached hydrogens (primary N) is 1. The monoisotopic (exact) mass is 301 g/mol. The molecule has 0 heterocycles. The summed E-state index contributed by atoms with van der Waals surface area (Å²) in [5.41, 5.74) is 5.38. The minimum absolute atomic E-state index is 0.337. The Morgan fingerprint density at radius 3 is 2.05 bits per heavy atom. The number of unbranched alkanes of at least 4 members (excludes halogenated alkanes) is 4. The highest BCUT2D eigenvalue weighted by atomic mass is 16.4. The Hall–Kier alpha value is -1.10. The largest absolute Gasteiger partial charge is 0.481 e. The third kappa shape index (κ3) is 11.3. The molecule has 0 aliphatic heterocycles. The molecular formula is C16H31NO4. The molecule has 5 nitrogen and oxygen atoms in total. The zero-order chi connectivity index (χ0) is 16.1. The van der Waals surface area contributed by atoms with E-state index in [1.807, 2.05) is 0 Å². The van der Waals surface area contributed by atoms with E-state index in [4.69, 9.17) is 15.9 Å². The SMILES string of the molecule is CCCCCCCC(=O)O.NCCC1CCC1CC(=O)O. The van der Waals surface area contributed by atoms with Gasteiger partial charge in [-0.2, -0.15) is 0 Å². The summed E-state index contributed by atoms with van der Waals surface area (Å²) in [7, 11) is 0. The number of carboxylic acid groups (broad SMARTS) is 2. The number of rotatable bonds is 10. The van der Waals surface area contributed by atoms with Crippen molar-refractivity contribution in [2.75, 3.05) is 6.54 Å². The normalized spacial score (nSPS) is 20.1. The number of aliphatic carboxylic acids is 2. The fourth-order valence-electron chi connectivity index (χ4n) is 2.60. The molecule has 0 saturated heterocycles. The van der Waals surface area contributed by atoms with Crippen molar-refractivity contribution in [3.05, 3.63) is 0 Å². The Kier molecular flexibility index (Phi) is 12.0. The van der Waals surface area contributed by atoms with Crippen LogP contribution < -0.4 is 5.73 Å². The van der Waals surface area contributed by atoms with Crippen molar-refractivity contribution >= 4 is 11.9 Å². The van der Waals surface area contributed by atoms with Crippen LogP contribution in [0.1, 0.15) is 71.1 Å². The maximum absolute atomic E-state index is 10.3. The van der Waals surface area contributed by atoms with E-state index >= 15 is 0 Å². The number of carbonyl (C=O) groups is 2. The molecule has 21 heavy (non-hydrogen) atoms. The van der Waals surface area contributed by atoms with Crippen molar-refractivity contribution < 1.29 is 19.8 Å². The van der Waals surface area contributed by atoms with Gasteiger partial charge in [0.1, 0.15) is 0 Å². The molecule has 0 aromatic heterocycles. The lowest BCUT2D eigenvalue weighted by Gasteiger charge is -2.35. The Bertz CT molecular complexity index is 294. The van der Waals surface area contributed by atoms with Crippen LogP contribution in [0, 0.1) is 11.8 Å². The fraction of sp³-hybridized carbons (Fsp3) is 0.875. The van der Waals surface area contributed by atoms with Crippen LogP contribution in [0.15, 0.2) is 0 Å². The molecule has 1 rings (SSSR count). The summed E-state index contributed by atoms with van der Waals surface area (Å²) in [5, 5.41) is 16.8. The molecule has 0 aromatic rings. The molecular weight excluding hydrogens is 270 g/mol. The smallest absolute Gasteiger partial charge is 0.303 e. The third-order valence-electron chi connectivity index (χ3n) is 4.04. The highest BCUT2D eigenvalue weighted by Crippen LogP contribution is 2.38. The van der Waals surface area contributed by atoms with E-state index in [-0.39, 0.29) is 0 Å². The van der Waals surface area contributed by atoms with E-state index in [2.05, 4.69) is 6.92 Å². The van der Waals surface area contributed by atoms with Gasteiger partial charge in [0.05, 0.1) is 0 Å². The first-order chi connectivity index (χ1) is 10.0. The van der Waals surface area contributed by atoms with Gasteiger partial charge in [-0.25, -0.2) is 0 Å². The average molecular weight is 301 g/mol. The number of hydrogen-bond donors (Lipinski definition) is 3. The first kappa shape index (κ1) is 19.9. The van der Waals surface area contributed by atoms with Crippen LogP contribution in [-0.2, 0) is 9.59 Å². The van der Waals surface area contributed by atoms with Crippen LogP contribution in [0.3, 0.4) is 0 Å². The lowest BCUT2D eigenvalue weighted by Crippen LogP contribution is -2.29. The maximum atomic E-state index is 10.3. The Morgan fingerprint density at radius 2 is 1.62 bits per heavy atom. The summed E-state index contributed by atoms with van der Waals surface area (Å²) in [6, 6.07) is 0. The van der Waals surface area contributed by atoms with Crippen molar-refractivity contribution in [2.24, 2.45) is 17.6 Å². The minimum Gasteiger partial charge on any atom is -0.481 e. The fourth-order valence-corrected chi connectivity index (χ4v) is 2.60. The van der Waals surface area contributed by atoms with E-state index in [1.165, 1.54) is 25.7 Å². The molecule has 0 radical (unpaired) electrons. The van der Waals surface area contributed by atoms with Crippen molar-refractivity contribution in [1.29, 1.82) is 0 Å². The third-order valence-corrected chi connectivity index (χ3v) is 4.04. The van der Waals surface area contributed by atoms with Gasteiger partial charge in [0.25, 0.3) is 0 Å². The van der Waals surface area contributed by atoms with E-state index in [9.17, 15) is 9.59 Å². The second kappa shape index (κ2) is 12.6. The standard InChI is InChI=1S/C8H15NO2.C8H16O2/c9-4-3-6-1-2-7(6)5-8(10)11;1-2-3-4-5-6-7-8(9)10/h6-7H,1-5,9H2,(H,10,11);2-7H2,1H3,(H,9,10). The van der Waals surface area contributed by atoms with Gasteiger partial charge in [0.2, 0.25) is 0 Å². The molecule has 1 aliphatic rings. The Morgan fingerprint density at radius 1 is 1.00 bits per heavy atom. The van der Waals surface area contributed by atoms with Crippen LogP contribution in [0.5, 0.6) is 0 Å². The minimum atomic E-state index is -0.670. The quantitative estimate of drug-likeness (QED) is 0.538. The van der Waals surface area contributed by atoms with Gasteiger partial charge < -0.3 is 15.9 Å². The van der Waals surface area contributed by atoms with Crippen LogP contribution >= 0.6 is 0 Å². The highest BCUT2D eigenvalue weighted by Gasteiger charge is 2.31. The van der Waals surface area contributed by atoms with E-state index in [1.54, 1.807) is 0 Å². The van der Waals surface area contributed by atoms with Crippen LogP contribution in [0.25, 0.3) is 0 Å². The predicted molar refractivity (Wildman–Crippen MR) is 83.2 cm³/mol. The van der Waals surface area contributed by atoms with E-state index in [0.29, 0.717) is 31.2 Å². The molecule has 124 valence electrons. The first-order valence-corrected chi connectivity index (χ1v) is 8.14. The van der Waals surface area contributed by atoms with Gasteiger partial charge in [0.15, 0.2) is 0 Å². The van der Waals surface area contributed by atoms with Gasteiger partial charge in [-0.3, -0.25) is 9.59 Å². The molecule has 1 saturated carbocycles. The molecule has 0 bridgehead atoms.